The molecule has 0 spiro atoms. The molecule has 1 saturated carbocycles. The average molecular weight is 394 g/mol. The fraction of sp³-hybridized carbons (Fsp3) is 0.444. The average Bonchev–Trinajstić information content (AvgIpc) is 3.41. The van der Waals surface area contributed by atoms with Gasteiger partial charge in [-0.15, -0.1) is 0 Å². The molecule has 1 aliphatic carbocycles. The van der Waals surface area contributed by atoms with E-state index >= 15 is 0 Å². The summed E-state index contributed by atoms with van der Waals surface area (Å²) in [6.45, 7) is 0.378. The maximum Gasteiger partial charge on any atom is 0.433 e. The van der Waals surface area contributed by atoms with Gasteiger partial charge in [0.15, 0.2) is 0 Å². The summed E-state index contributed by atoms with van der Waals surface area (Å²) in [5, 5.41) is 7.13. The molecule has 2 fully saturated rings. The van der Waals surface area contributed by atoms with Crippen LogP contribution in [-0.4, -0.2) is 39.9 Å². The van der Waals surface area contributed by atoms with Crippen molar-refractivity contribution >= 4 is 5.91 Å². The molecule has 0 bridgehead atoms. The number of pyridine rings is 1. The zero-order chi connectivity index (χ0) is 19.9. The molecule has 2 aromatic heterocycles. The van der Waals surface area contributed by atoms with Crippen LogP contribution in [0.1, 0.15) is 46.5 Å². The maximum atomic E-state index is 12.6. The van der Waals surface area contributed by atoms with E-state index in [0.717, 1.165) is 36.9 Å². The largest absolute Gasteiger partial charge is 0.433 e. The summed E-state index contributed by atoms with van der Waals surface area (Å²) >= 11 is 0. The topological polar surface area (TPSA) is 86.1 Å². The molecule has 4 rings (SSSR count). The number of carbonyl (C=O) groups excluding carboxylic acids is 1. The Kier molecular flexibility index (Phi) is 4.66. The number of nitrogens with one attached hydrogen (secondary N) is 1. The van der Waals surface area contributed by atoms with Gasteiger partial charge in [0.1, 0.15) is 11.7 Å². The summed E-state index contributed by atoms with van der Waals surface area (Å²) in [7, 11) is 0. The van der Waals surface area contributed by atoms with Crippen molar-refractivity contribution < 1.29 is 22.7 Å². The number of halogens is 3. The van der Waals surface area contributed by atoms with Gasteiger partial charge in [-0.05, 0) is 31.0 Å². The molecule has 7 nitrogen and oxygen atoms in total. The van der Waals surface area contributed by atoms with E-state index in [-0.39, 0.29) is 24.3 Å². The van der Waals surface area contributed by atoms with Gasteiger partial charge in [-0.25, -0.2) is 4.68 Å². The monoisotopic (exact) mass is 394 g/mol. The zero-order valence-corrected chi connectivity index (χ0v) is 14.6. The fourth-order valence-electron chi connectivity index (χ4n) is 3.14. The molecule has 2 unspecified atom stereocenters. The minimum atomic E-state index is -4.57. The van der Waals surface area contributed by atoms with E-state index < -0.39 is 29.9 Å². The van der Waals surface area contributed by atoms with Crippen LogP contribution in [0.3, 0.4) is 0 Å². The van der Waals surface area contributed by atoms with Gasteiger partial charge in [0.2, 0.25) is 0 Å². The first-order valence-electron chi connectivity index (χ1n) is 8.84. The SMILES string of the molecule is O=C(NC1COCC1n1nc(C2CC2)ccc1=O)c1ccc(C(F)(F)F)nc1. The van der Waals surface area contributed by atoms with Crippen molar-refractivity contribution in [3.8, 4) is 0 Å². The first-order chi connectivity index (χ1) is 13.3. The highest BCUT2D eigenvalue weighted by molar-refractivity contribution is 5.94. The van der Waals surface area contributed by atoms with Crippen LogP contribution in [0, 0.1) is 0 Å². The lowest BCUT2D eigenvalue weighted by Crippen LogP contribution is -2.44. The van der Waals surface area contributed by atoms with E-state index in [0.29, 0.717) is 5.92 Å². The van der Waals surface area contributed by atoms with E-state index in [9.17, 15) is 22.8 Å². The molecule has 2 aliphatic rings. The van der Waals surface area contributed by atoms with Crippen molar-refractivity contribution in [2.45, 2.75) is 37.0 Å². The van der Waals surface area contributed by atoms with Crippen molar-refractivity contribution in [2.75, 3.05) is 13.2 Å². The van der Waals surface area contributed by atoms with Gasteiger partial charge in [-0.1, -0.05) is 0 Å². The Balaban J connectivity index is 1.50. The third-order valence-corrected chi connectivity index (χ3v) is 4.84. The van der Waals surface area contributed by atoms with Gasteiger partial charge >= 0.3 is 6.18 Å². The first-order valence-corrected chi connectivity index (χ1v) is 8.84. The number of amides is 1. The molecule has 1 saturated heterocycles. The molecule has 1 N–H and O–H groups in total. The van der Waals surface area contributed by atoms with Crippen molar-refractivity contribution in [3.63, 3.8) is 0 Å². The van der Waals surface area contributed by atoms with Gasteiger partial charge in [0.05, 0.1) is 30.5 Å². The number of rotatable bonds is 4. The molecule has 3 heterocycles. The lowest BCUT2D eigenvalue weighted by molar-refractivity contribution is -0.141. The van der Waals surface area contributed by atoms with Crippen molar-refractivity contribution in [3.05, 3.63) is 57.8 Å². The second-order valence-corrected chi connectivity index (χ2v) is 6.93. The number of aromatic nitrogens is 3. The molecule has 10 heteroatoms. The van der Waals surface area contributed by atoms with Crippen molar-refractivity contribution in [2.24, 2.45) is 0 Å². The third kappa shape index (κ3) is 3.77. The molecule has 0 radical (unpaired) electrons. The molecule has 1 amide bonds. The van der Waals surface area contributed by atoms with Gasteiger partial charge in [0, 0.05) is 18.2 Å². The summed E-state index contributed by atoms with van der Waals surface area (Å²) in [5.74, 6) is -0.228. The Morgan fingerprint density at radius 1 is 1.18 bits per heavy atom. The lowest BCUT2D eigenvalue weighted by atomic mass is 10.1. The lowest BCUT2D eigenvalue weighted by Gasteiger charge is -2.20. The first kappa shape index (κ1) is 18.6. The van der Waals surface area contributed by atoms with E-state index in [1.807, 2.05) is 0 Å². The van der Waals surface area contributed by atoms with E-state index in [4.69, 9.17) is 4.74 Å². The van der Waals surface area contributed by atoms with E-state index in [2.05, 4.69) is 15.4 Å². The second-order valence-electron chi connectivity index (χ2n) is 6.93. The number of hydrogen-bond acceptors (Lipinski definition) is 5. The Labute approximate surface area is 157 Å². The maximum absolute atomic E-state index is 12.6. The summed E-state index contributed by atoms with van der Waals surface area (Å²) < 4.78 is 44.5. The molecule has 1 aliphatic heterocycles. The van der Waals surface area contributed by atoms with Crippen LogP contribution in [0.2, 0.25) is 0 Å². The standard InChI is InChI=1S/C18H17F3N4O3/c19-18(20,21)15-5-3-11(7-22-15)17(27)23-13-8-28-9-14(13)25-16(26)6-4-12(24-25)10-1-2-10/h3-7,10,13-14H,1-2,8-9H2,(H,23,27). The predicted molar refractivity (Wildman–Crippen MR) is 90.8 cm³/mol. The summed E-state index contributed by atoms with van der Waals surface area (Å²) in [6, 6.07) is 3.97. The highest BCUT2D eigenvalue weighted by Gasteiger charge is 2.35. The quantitative estimate of drug-likeness (QED) is 0.856. The van der Waals surface area contributed by atoms with Crippen molar-refractivity contribution in [1.82, 2.24) is 20.1 Å². The van der Waals surface area contributed by atoms with Gasteiger partial charge in [0.25, 0.3) is 11.5 Å². The normalized spacial score (nSPS) is 22.2. The van der Waals surface area contributed by atoms with E-state index in [1.165, 1.54) is 10.7 Å². The molecular weight excluding hydrogens is 377 g/mol. The van der Waals surface area contributed by atoms with Crippen LogP contribution in [0.15, 0.2) is 35.3 Å². The second kappa shape index (κ2) is 7.01. The smallest absolute Gasteiger partial charge is 0.377 e. The molecule has 2 atom stereocenters. The highest BCUT2D eigenvalue weighted by atomic mass is 19.4. The molecule has 28 heavy (non-hydrogen) atoms. The summed E-state index contributed by atoms with van der Waals surface area (Å²) in [4.78, 5) is 28.0. The molecule has 148 valence electrons. The minimum Gasteiger partial charge on any atom is -0.377 e. The summed E-state index contributed by atoms with van der Waals surface area (Å²) in [5.41, 5.74) is -0.539. The number of alkyl halides is 3. The fourth-order valence-corrected chi connectivity index (χ4v) is 3.14. The van der Waals surface area contributed by atoms with Crippen LogP contribution < -0.4 is 10.9 Å². The Morgan fingerprint density at radius 3 is 2.61 bits per heavy atom. The Morgan fingerprint density at radius 2 is 1.96 bits per heavy atom. The number of nitrogens with zero attached hydrogens (tertiary/aromatic N) is 3. The predicted octanol–water partition coefficient (Wildman–Crippen LogP) is 1.90. The molecule has 2 aromatic rings. The number of ether oxygens (including phenoxy) is 1. The minimum absolute atomic E-state index is 0.00862. The van der Waals surface area contributed by atoms with Crippen LogP contribution >= 0.6 is 0 Å². The zero-order valence-electron chi connectivity index (χ0n) is 14.6. The highest BCUT2D eigenvalue weighted by Crippen LogP contribution is 2.38. The van der Waals surface area contributed by atoms with Gasteiger partial charge in [-0.3, -0.25) is 14.6 Å². The van der Waals surface area contributed by atoms with Crippen LogP contribution in [0.25, 0.3) is 0 Å². The van der Waals surface area contributed by atoms with Gasteiger partial charge < -0.3 is 10.1 Å². The Bertz CT molecular complexity index is 938. The van der Waals surface area contributed by atoms with Crippen LogP contribution in [0.5, 0.6) is 0 Å². The van der Waals surface area contributed by atoms with Crippen LogP contribution in [-0.2, 0) is 10.9 Å². The summed E-state index contributed by atoms with van der Waals surface area (Å²) in [6.07, 6.45) is -1.62. The van der Waals surface area contributed by atoms with Crippen molar-refractivity contribution in [1.29, 1.82) is 0 Å². The molecule has 0 aromatic carbocycles. The van der Waals surface area contributed by atoms with Crippen LogP contribution in [0.4, 0.5) is 13.2 Å². The third-order valence-electron chi connectivity index (χ3n) is 4.84. The number of hydrogen-bond donors (Lipinski definition) is 1. The Hall–Kier alpha value is -2.75. The number of carbonyl (C=O) groups is 1. The van der Waals surface area contributed by atoms with E-state index in [1.54, 1.807) is 6.07 Å². The molecular formula is C18H17F3N4O3. The van der Waals surface area contributed by atoms with Gasteiger partial charge in [-0.2, -0.15) is 18.3 Å².